The number of alkyl halides is 3. The highest BCUT2D eigenvalue weighted by Crippen LogP contribution is 2.31. The lowest BCUT2D eigenvalue weighted by Gasteiger charge is -2.33. The van der Waals surface area contributed by atoms with Gasteiger partial charge in [-0.1, -0.05) is 30.3 Å². The second-order valence-corrected chi connectivity index (χ2v) is 23.8. The number of benzene rings is 2. The normalized spacial score (nSPS) is 17.0. The van der Waals surface area contributed by atoms with Crippen molar-refractivity contribution >= 4 is 57.2 Å². The van der Waals surface area contributed by atoms with Gasteiger partial charge in [0, 0.05) is 83.0 Å². The first-order valence-electron chi connectivity index (χ1n) is 24.9. The Hall–Kier alpha value is -6.19. The fourth-order valence-electron chi connectivity index (χ4n) is 7.37. The Labute approximate surface area is 440 Å². The SMILES string of the molecule is CC(C)(C)OC(=O)N1CC=C(OS(=O)(=O)C(F)(F)F)CC1.CC(C)(C)OC(=O)N1CC=C(c2cccc(N)c2)CC1.CC(C)(C)OC(=O)N1CCC(=O)CC1.CC(C)(C)OC(=O)N1CCC(c2cccc(N)c2)CC1. The van der Waals surface area contributed by atoms with Crippen LogP contribution in [0.4, 0.5) is 43.7 Å². The van der Waals surface area contributed by atoms with Crippen molar-refractivity contribution in [1.29, 1.82) is 0 Å². The van der Waals surface area contributed by atoms with Crippen molar-refractivity contribution in [2.24, 2.45) is 0 Å². The maximum absolute atomic E-state index is 12.2. The molecule has 4 N–H and O–H groups in total. The van der Waals surface area contributed by atoms with Gasteiger partial charge in [-0.15, -0.1) is 0 Å². The fourth-order valence-corrected chi connectivity index (χ4v) is 7.90. The zero-order chi connectivity index (χ0) is 56.7. The van der Waals surface area contributed by atoms with Gasteiger partial charge >= 0.3 is 40.0 Å². The van der Waals surface area contributed by atoms with Crippen LogP contribution in [-0.4, -0.2) is 138 Å². The van der Waals surface area contributed by atoms with Crippen LogP contribution in [0.25, 0.3) is 5.57 Å². The van der Waals surface area contributed by atoms with Gasteiger partial charge in [0.05, 0.1) is 0 Å². The number of carbonyl (C=O) groups excluding carboxylic acids is 5. The minimum absolute atomic E-state index is 0.00806. The van der Waals surface area contributed by atoms with Crippen LogP contribution in [0.5, 0.6) is 0 Å². The quantitative estimate of drug-likeness (QED) is 0.126. The molecule has 0 unspecified atom stereocenters. The van der Waals surface area contributed by atoms with Gasteiger partial charge < -0.3 is 54.2 Å². The molecule has 75 heavy (non-hydrogen) atoms. The molecule has 4 amide bonds. The maximum atomic E-state index is 12.2. The van der Waals surface area contributed by atoms with E-state index in [1.165, 1.54) is 16.0 Å². The van der Waals surface area contributed by atoms with Gasteiger partial charge in [0.1, 0.15) is 33.9 Å². The third-order valence-corrected chi connectivity index (χ3v) is 11.9. The molecule has 22 heteroatoms. The fraction of sp³-hybridized carbons (Fsp3) is 0.604. The van der Waals surface area contributed by atoms with E-state index < -0.39 is 44.1 Å². The molecule has 0 aromatic heterocycles. The molecule has 18 nitrogen and oxygen atoms in total. The first kappa shape index (κ1) is 63.1. The van der Waals surface area contributed by atoms with Crippen LogP contribution in [0, 0.1) is 0 Å². The van der Waals surface area contributed by atoms with E-state index in [-0.39, 0.29) is 49.3 Å². The number of Topliss-reactive ketones (excluding diaryl/α,β-unsaturated/α-hetero) is 1. The van der Waals surface area contributed by atoms with Gasteiger partial charge in [-0.3, -0.25) is 4.79 Å². The number of hydrogen-bond acceptors (Lipinski definition) is 14. The number of anilines is 2. The molecule has 6 rings (SSSR count). The summed E-state index contributed by atoms with van der Waals surface area (Å²) >= 11 is 0. The second kappa shape index (κ2) is 26.5. The minimum Gasteiger partial charge on any atom is -0.444 e. The minimum atomic E-state index is -5.67. The molecule has 0 atom stereocenters. The molecule has 2 aromatic carbocycles. The second-order valence-electron chi connectivity index (χ2n) is 22.3. The summed E-state index contributed by atoms with van der Waals surface area (Å²) in [6.07, 6.45) is 5.30. The molecular formula is C53H79F3N6O12S. The Kier molecular flexibility index (Phi) is 22.3. The number of ether oxygens (including phenoxy) is 4. The van der Waals surface area contributed by atoms with Gasteiger partial charge in [0.25, 0.3) is 0 Å². The van der Waals surface area contributed by atoms with Crippen LogP contribution in [-0.2, 0) is 38.0 Å². The van der Waals surface area contributed by atoms with Crippen LogP contribution in [0.1, 0.15) is 139 Å². The van der Waals surface area contributed by atoms with E-state index in [0.717, 1.165) is 55.4 Å². The number of hydrogen-bond donors (Lipinski definition) is 2. The van der Waals surface area contributed by atoms with Crippen molar-refractivity contribution in [3.05, 3.63) is 77.6 Å². The van der Waals surface area contributed by atoms with E-state index in [0.29, 0.717) is 44.9 Å². The van der Waals surface area contributed by atoms with Crippen LogP contribution in [0.2, 0.25) is 0 Å². The van der Waals surface area contributed by atoms with E-state index in [2.05, 4.69) is 16.3 Å². The first-order valence-corrected chi connectivity index (χ1v) is 26.3. The highest BCUT2D eigenvalue weighted by Gasteiger charge is 2.49. The zero-order valence-electron chi connectivity index (χ0n) is 45.6. The molecule has 2 aromatic rings. The van der Waals surface area contributed by atoms with E-state index in [4.69, 9.17) is 30.4 Å². The van der Waals surface area contributed by atoms with E-state index in [1.807, 2.05) is 105 Å². The molecule has 0 bridgehead atoms. The molecule has 2 fully saturated rings. The highest BCUT2D eigenvalue weighted by molar-refractivity contribution is 7.87. The number of carbonyl (C=O) groups is 5. The van der Waals surface area contributed by atoms with E-state index in [1.54, 1.807) is 35.5 Å². The smallest absolute Gasteiger partial charge is 0.444 e. The number of likely N-dealkylation sites (tertiary alicyclic amines) is 2. The standard InChI is InChI=1S/C16H24N2O2.C16H22N2O2.C11H16F3NO5S.C10H17NO3/c2*1-16(2,3)20-15(19)18-9-7-12(8-10-18)13-5-4-6-14(17)11-13;1-10(2,3)19-9(16)15-6-4-8(5-7-15)20-21(17,18)11(12,13)14;1-10(2,3)14-9(13)11-6-4-8(12)5-7-11/h4-6,11-12H,7-10,17H2,1-3H3;4-7,11H,8-10,17H2,1-3H3;4H,5-7H2,1-3H3;4-7H2,1-3H3. The molecule has 4 aliphatic rings. The van der Waals surface area contributed by atoms with Gasteiger partial charge in [0.15, 0.2) is 0 Å². The Morgan fingerprint density at radius 1 is 0.547 bits per heavy atom. The number of nitrogen functional groups attached to an aromatic ring is 2. The monoisotopic (exact) mass is 1080 g/mol. The van der Waals surface area contributed by atoms with Crippen LogP contribution in [0.3, 0.4) is 0 Å². The number of halogens is 3. The third-order valence-electron chi connectivity index (χ3n) is 10.9. The van der Waals surface area contributed by atoms with Gasteiger partial charge in [-0.25, -0.2) is 19.2 Å². The average Bonchev–Trinajstić information content (AvgIpc) is 3.27. The van der Waals surface area contributed by atoms with Crippen molar-refractivity contribution in [2.45, 2.75) is 155 Å². The summed E-state index contributed by atoms with van der Waals surface area (Å²) in [5.41, 5.74) is 9.32. The maximum Gasteiger partial charge on any atom is 0.534 e. The van der Waals surface area contributed by atoms with Gasteiger partial charge in [-0.05, 0) is 155 Å². The molecule has 4 aliphatic heterocycles. The lowest BCUT2D eigenvalue weighted by molar-refractivity contribution is -0.121. The predicted octanol–water partition coefficient (Wildman–Crippen LogP) is 10.6. The summed E-state index contributed by atoms with van der Waals surface area (Å²) in [6.45, 7) is 25.5. The molecule has 0 radical (unpaired) electrons. The van der Waals surface area contributed by atoms with Crippen molar-refractivity contribution in [2.75, 3.05) is 63.8 Å². The molecule has 0 aliphatic carbocycles. The number of amides is 4. The van der Waals surface area contributed by atoms with Crippen molar-refractivity contribution < 1.29 is 68.7 Å². The lowest BCUT2D eigenvalue weighted by atomic mass is 9.89. The Balaban J connectivity index is 0.000000266. The first-order chi connectivity index (χ1) is 34.4. The number of nitrogens with zero attached hydrogens (tertiary/aromatic N) is 4. The molecule has 420 valence electrons. The number of ketones is 1. The average molecular weight is 1080 g/mol. The molecular weight excluding hydrogens is 1000 g/mol. The molecule has 0 spiro atoms. The zero-order valence-corrected chi connectivity index (χ0v) is 46.5. The Morgan fingerprint density at radius 2 is 0.947 bits per heavy atom. The van der Waals surface area contributed by atoms with E-state index in [9.17, 15) is 45.6 Å². The Bertz CT molecular complexity index is 2440. The van der Waals surface area contributed by atoms with Gasteiger partial charge in [-0.2, -0.15) is 21.6 Å². The largest absolute Gasteiger partial charge is 0.534 e. The molecule has 2 saturated heterocycles. The van der Waals surface area contributed by atoms with Gasteiger partial charge in [0.2, 0.25) is 0 Å². The topological polar surface area (TPSA) is 231 Å². The Morgan fingerprint density at radius 3 is 1.33 bits per heavy atom. The molecule has 4 heterocycles. The summed E-state index contributed by atoms with van der Waals surface area (Å²) in [7, 11) is -5.67. The van der Waals surface area contributed by atoms with Crippen molar-refractivity contribution in [3.8, 4) is 0 Å². The van der Waals surface area contributed by atoms with Crippen LogP contribution >= 0.6 is 0 Å². The number of nitrogens with two attached hydrogens (primary N) is 2. The summed E-state index contributed by atoms with van der Waals surface area (Å²) in [5, 5.41) is 0. The van der Waals surface area contributed by atoms with Crippen LogP contribution < -0.4 is 11.5 Å². The van der Waals surface area contributed by atoms with Crippen LogP contribution in [0.15, 0.2) is 66.4 Å². The van der Waals surface area contributed by atoms with Crippen molar-refractivity contribution in [1.82, 2.24) is 19.6 Å². The number of rotatable bonds is 4. The summed E-state index contributed by atoms with van der Waals surface area (Å²) in [4.78, 5) is 64.5. The third kappa shape index (κ3) is 23.5. The highest BCUT2D eigenvalue weighted by atomic mass is 32.2. The van der Waals surface area contributed by atoms with Crippen molar-refractivity contribution in [3.63, 3.8) is 0 Å². The van der Waals surface area contributed by atoms with E-state index >= 15 is 0 Å². The number of piperidine rings is 2. The summed E-state index contributed by atoms with van der Waals surface area (Å²) in [6, 6.07) is 15.9. The predicted molar refractivity (Wildman–Crippen MR) is 281 cm³/mol. The summed E-state index contributed by atoms with van der Waals surface area (Å²) < 4.78 is 83.2. The summed E-state index contributed by atoms with van der Waals surface area (Å²) in [5.74, 6) is 0.370. The molecule has 0 saturated carbocycles. The lowest BCUT2D eigenvalue weighted by Crippen LogP contribution is -2.41.